The first kappa shape index (κ1) is 20.6. The van der Waals surface area contributed by atoms with Crippen LogP contribution in [0.2, 0.25) is 0 Å². The van der Waals surface area contributed by atoms with E-state index in [2.05, 4.69) is 16.0 Å². The van der Waals surface area contributed by atoms with Gasteiger partial charge in [-0.15, -0.1) is 0 Å². The summed E-state index contributed by atoms with van der Waals surface area (Å²) >= 11 is 0. The summed E-state index contributed by atoms with van der Waals surface area (Å²) in [5.41, 5.74) is 5.31. The van der Waals surface area contributed by atoms with Crippen molar-refractivity contribution >= 4 is 5.91 Å². The van der Waals surface area contributed by atoms with Crippen molar-refractivity contribution < 1.29 is 4.79 Å². The lowest BCUT2D eigenvalue weighted by molar-refractivity contribution is 0.0709. The van der Waals surface area contributed by atoms with E-state index >= 15 is 0 Å². The highest BCUT2D eigenvalue weighted by atomic mass is 16.2. The molecule has 0 radical (unpaired) electrons. The Morgan fingerprint density at radius 1 is 1.06 bits per heavy atom. The van der Waals surface area contributed by atoms with E-state index in [0.29, 0.717) is 24.6 Å². The van der Waals surface area contributed by atoms with Crippen molar-refractivity contribution in [1.82, 2.24) is 19.4 Å². The Balaban J connectivity index is 1.41. The molecular formula is C26H28N4O2. The van der Waals surface area contributed by atoms with Gasteiger partial charge < -0.3 is 4.90 Å². The molecule has 1 fully saturated rings. The van der Waals surface area contributed by atoms with Crippen LogP contribution >= 0.6 is 0 Å². The largest absolute Gasteiger partial charge is 0.338 e. The molecule has 1 aromatic carbocycles. The van der Waals surface area contributed by atoms with E-state index in [4.69, 9.17) is 0 Å². The van der Waals surface area contributed by atoms with Gasteiger partial charge in [-0.05, 0) is 80.8 Å². The number of aryl methyl sites for hydroxylation is 3. The summed E-state index contributed by atoms with van der Waals surface area (Å²) < 4.78 is 1.67. The fraction of sp³-hybridized carbons (Fsp3) is 0.385. The summed E-state index contributed by atoms with van der Waals surface area (Å²) in [5.74, 6) is 0.932. The van der Waals surface area contributed by atoms with Gasteiger partial charge in [0, 0.05) is 37.1 Å². The molecular weight excluding hydrogens is 400 g/mol. The standard InChI is InChI=1S/C26H28N4O2/c1-17-10-16-30(23-8-4-6-19-5-3-7-21(19)23)26(32)24(17)25(31)29-14-11-20(12-15-29)22-9-13-27-18(2)28-22/h4,6,8-10,13,16,20H,3,5,7,11-12,14-15H2,1-2H3. The van der Waals surface area contributed by atoms with Crippen LogP contribution < -0.4 is 5.56 Å². The summed E-state index contributed by atoms with van der Waals surface area (Å²) in [5, 5.41) is 0. The molecule has 2 aromatic heterocycles. The summed E-state index contributed by atoms with van der Waals surface area (Å²) in [6.45, 7) is 5.00. The number of carbonyl (C=O) groups is 1. The van der Waals surface area contributed by atoms with Crippen LogP contribution in [0.15, 0.2) is 47.5 Å². The van der Waals surface area contributed by atoms with Crippen LogP contribution in [0.25, 0.3) is 5.69 Å². The molecule has 1 aliphatic heterocycles. The van der Waals surface area contributed by atoms with E-state index < -0.39 is 0 Å². The molecule has 6 heteroatoms. The second-order valence-electron chi connectivity index (χ2n) is 8.91. The third kappa shape index (κ3) is 3.64. The van der Waals surface area contributed by atoms with Crippen LogP contribution in [0.4, 0.5) is 0 Å². The minimum absolute atomic E-state index is 0.160. The van der Waals surface area contributed by atoms with Crippen molar-refractivity contribution in [3.8, 4) is 5.69 Å². The number of amides is 1. The van der Waals surface area contributed by atoms with Crippen LogP contribution in [-0.2, 0) is 12.8 Å². The van der Waals surface area contributed by atoms with Gasteiger partial charge in [-0.2, -0.15) is 0 Å². The lowest BCUT2D eigenvalue weighted by atomic mass is 9.92. The number of rotatable bonds is 3. The zero-order chi connectivity index (χ0) is 22.2. The molecule has 3 heterocycles. The molecule has 0 spiro atoms. The van der Waals surface area contributed by atoms with Crippen LogP contribution in [0.5, 0.6) is 0 Å². The highest BCUT2D eigenvalue weighted by molar-refractivity contribution is 5.95. The maximum atomic E-state index is 13.5. The fourth-order valence-corrected chi connectivity index (χ4v) is 5.14. The van der Waals surface area contributed by atoms with Crippen LogP contribution in [0.3, 0.4) is 0 Å². The van der Waals surface area contributed by atoms with E-state index in [-0.39, 0.29) is 11.5 Å². The number of fused-ring (bicyclic) bond motifs is 1. The molecule has 0 saturated carbocycles. The van der Waals surface area contributed by atoms with E-state index in [1.54, 1.807) is 10.8 Å². The van der Waals surface area contributed by atoms with Crippen LogP contribution in [0.1, 0.15) is 63.7 Å². The maximum absolute atomic E-state index is 13.5. The van der Waals surface area contributed by atoms with Gasteiger partial charge in [-0.3, -0.25) is 14.2 Å². The first-order chi connectivity index (χ1) is 15.5. The van der Waals surface area contributed by atoms with Crippen molar-refractivity contribution in [2.75, 3.05) is 13.1 Å². The molecule has 1 aliphatic carbocycles. The number of piperidine rings is 1. The quantitative estimate of drug-likeness (QED) is 0.637. The number of likely N-dealkylation sites (tertiary alicyclic amines) is 1. The predicted octanol–water partition coefficient (Wildman–Crippen LogP) is 3.75. The average molecular weight is 429 g/mol. The lowest BCUT2D eigenvalue weighted by Gasteiger charge is -2.32. The molecule has 0 bridgehead atoms. The van der Waals surface area contributed by atoms with Gasteiger partial charge in [0.2, 0.25) is 0 Å². The van der Waals surface area contributed by atoms with Crippen LogP contribution in [-0.4, -0.2) is 38.4 Å². The van der Waals surface area contributed by atoms with E-state index in [1.807, 2.05) is 49.2 Å². The minimum Gasteiger partial charge on any atom is -0.338 e. The lowest BCUT2D eigenvalue weighted by Crippen LogP contribution is -2.41. The highest BCUT2D eigenvalue weighted by Gasteiger charge is 2.28. The molecule has 1 amide bonds. The van der Waals surface area contributed by atoms with Crippen molar-refractivity contribution in [2.24, 2.45) is 0 Å². The van der Waals surface area contributed by atoms with Gasteiger partial charge >= 0.3 is 0 Å². The molecule has 2 aliphatic rings. The Bertz CT molecular complexity index is 1240. The smallest absolute Gasteiger partial charge is 0.268 e. The molecule has 0 N–H and O–H groups in total. The first-order valence-corrected chi connectivity index (χ1v) is 11.4. The third-order valence-electron chi connectivity index (χ3n) is 6.89. The number of nitrogens with zero attached hydrogens (tertiary/aromatic N) is 4. The number of pyridine rings is 1. The Hall–Kier alpha value is -3.28. The van der Waals surface area contributed by atoms with Crippen molar-refractivity contribution in [3.63, 3.8) is 0 Å². The number of benzene rings is 1. The molecule has 5 rings (SSSR count). The van der Waals surface area contributed by atoms with Crippen LogP contribution in [0, 0.1) is 13.8 Å². The Labute approximate surface area is 188 Å². The third-order valence-corrected chi connectivity index (χ3v) is 6.89. The number of aromatic nitrogens is 3. The molecule has 164 valence electrons. The van der Waals surface area contributed by atoms with Gasteiger partial charge in [0.15, 0.2) is 0 Å². The summed E-state index contributed by atoms with van der Waals surface area (Å²) in [7, 11) is 0. The van der Waals surface area contributed by atoms with Crippen molar-refractivity contribution in [2.45, 2.75) is 51.9 Å². The monoisotopic (exact) mass is 428 g/mol. The highest BCUT2D eigenvalue weighted by Crippen LogP contribution is 2.29. The molecule has 0 atom stereocenters. The number of hydrogen-bond acceptors (Lipinski definition) is 4. The number of carbonyl (C=O) groups excluding carboxylic acids is 1. The van der Waals surface area contributed by atoms with Gasteiger partial charge in [-0.1, -0.05) is 12.1 Å². The van der Waals surface area contributed by atoms with Crippen molar-refractivity contribution in [1.29, 1.82) is 0 Å². The zero-order valence-corrected chi connectivity index (χ0v) is 18.7. The normalized spacial score (nSPS) is 16.2. The van der Waals surface area contributed by atoms with E-state index in [0.717, 1.165) is 54.9 Å². The van der Waals surface area contributed by atoms with Gasteiger partial charge in [0.05, 0.1) is 5.69 Å². The van der Waals surface area contributed by atoms with E-state index in [1.165, 1.54) is 11.1 Å². The second-order valence-corrected chi connectivity index (χ2v) is 8.91. The molecule has 32 heavy (non-hydrogen) atoms. The van der Waals surface area contributed by atoms with E-state index in [9.17, 15) is 9.59 Å². The Kier molecular flexibility index (Phi) is 5.37. The molecule has 3 aromatic rings. The molecule has 6 nitrogen and oxygen atoms in total. The zero-order valence-electron chi connectivity index (χ0n) is 18.7. The summed E-state index contributed by atoms with van der Waals surface area (Å²) in [4.78, 5) is 37.5. The second kappa shape index (κ2) is 8.34. The Morgan fingerprint density at radius 2 is 1.88 bits per heavy atom. The van der Waals surface area contributed by atoms with Crippen molar-refractivity contribution in [3.05, 3.63) is 86.9 Å². The topological polar surface area (TPSA) is 68.1 Å². The first-order valence-electron chi connectivity index (χ1n) is 11.4. The fourth-order valence-electron chi connectivity index (χ4n) is 5.14. The SMILES string of the molecule is Cc1nccc(C2CCN(C(=O)c3c(C)ccn(-c4cccc5c4CCC5)c3=O)CC2)n1. The average Bonchev–Trinajstić information content (AvgIpc) is 3.29. The predicted molar refractivity (Wildman–Crippen MR) is 123 cm³/mol. The maximum Gasteiger partial charge on any atom is 0.268 e. The molecule has 0 unspecified atom stereocenters. The summed E-state index contributed by atoms with van der Waals surface area (Å²) in [6, 6.07) is 9.99. The Morgan fingerprint density at radius 3 is 2.66 bits per heavy atom. The summed E-state index contributed by atoms with van der Waals surface area (Å²) in [6.07, 6.45) is 8.43. The number of hydrogen-bond donors (Lipinski definition) is 0. The van der Waals surface area contributed by atoms with Gasteiger partial charge in [-0.25, -0.2) is 9.97 Å². The minimum atomic E-state index is -0.219. The van der Waals surface area contributed by atoms with Gasteiger partial charge in [0.1, 0.15) is 11.4 Å². The molecule has 1 saturated heterocycles. The van der Waals surface area contributed by atoms with Gasteiger partial charge in [0.25, 0.3) is 11.5 Å².